The fourth-order valence-electron chi connectivity index (χ4n) is 3.54. The molecule has 1 aliphatic heterocycles. The molecule has 0 radical (unpaired) electrons. The molecule has 2 N–H and O–H groups in total. The van der Waals surface area contributed by atoms with Gasteiger partial charge in [0.2, 0.25) is 15.9 Å². The number of amides is 1. The second kappa shape index (κ2) is 6.18. The topological polar surface area (TPSA) is 104 Å². The maximum Gasteiger partial charge on any atom is 0.306 e. The molecule has 1 aromatic carbocycles. The molecule has 2 atom stereocenters. The number of carboxylic acids is 1. The van der Waals surface area contributed by atoms with Gasteiger partial charge in [0.25, 0.3) is 0 Å². The van der Waals surface area contributed by atoms with Gasteiger partial charge in [-0.3, -0.25) is 9.59 Å². The Morgan fingerprint density at radius 2 is 1.96 bits per heavy atom. The van der Waals surface area contributed by atoms with Crippen LogP contribution in [-0.4, -0.2) is 39.0 Å². The molecular weight excluding hydrogens is 332 g/mol. The van der Waals surface area contributed by atoms with E-state index in [9.17, 15) is 18.0 Å². The summed E-state index contributed by atoms with van der Waals surface area (Å²) >= 11 is 0. The highest BCUT2D eigenvalue weighted by Crippen LogP contribution is 2.36. The number of nitrogens with one attached hydrogen (secondary N) is 1. The molecule has 1 amide bonds. The summed E-state index contributed by atoms with van der Waals surface area (Å²) in [5.41, 5.74) is 1.56. The molecule has 1 aromatic rings. The molecule has 7 nitrogen and oxygen atoms in total. The standard InChI is InChI=1S/C16H20N2O5S/c1-17-24(22,23)13-4-5-14-10(9-13)6-7-18(14)15(19)11-2-3-12(8-11)16(20)21/h4-5,9,11-12,17H,2-3,6-8H2,1H3,(H,20,21)/t11-,12+/m1/s1. The van der Waals surface area contributed by atoms with Gasteiger partial charge in [-0.15, -0.1) is 0 Å². The molecule has 0 aromatic heterocycles. The van der Waals surface area contributed by atoms with Gasteiger partial charge in [0.05, 0.1) is 10.8 Å². The minimum Gasteiger partial charge on any atom is -0.481 e. The maximum atomic E-state index is 12.7. The van der Waals surface area contributed by atoms with Crippen LogP contribution in [0.1, 0.15) is 24.8 Å². The van der Waals surface area contributed by atoms with Crippen LogP contribution in [0, 0.1) is 11.8 Å². The Morgan fingerprint density at radius 1 is 1.25 bits per heavy atom. The number of fused-ring (bicyclic) bond motifs is 1. The van der Waals surface area contributed by atoms with Crippen LogP contribution in [0.15, 0.2) is 23.1 Å². The van der Waals surface area contributed by atoms with E-state index in [2.05, 4.69) is 4.72 Å². The molecule has 1 fully saturated rings. The number of rotatable bonds is 4. The summed E-state index contributed by atoms with van der Waals surface area (Å²) in [6.45, 7) is 0.505. The van der Waals surface area contributed by atoms with E-state index in [1.54, 1.807) is 17.0 Å². The summed E-state index contributed by atoms with van der Waals surface area (Å²) in [5, 5.41) is 9.08. The van der Waals surface area contributed by atoms with Gasteiger partial charge in [0, 0.05) is 18.2 Å². The lowest BCUT2D eigenvalue weighted by Gasteiger charge is -2.21. The van der Waals surface area contributed by atoms with Crippen molar-refractivity contribution < 1.29 is 23.1 Å². The molecule has 0 spiro atoms. The van der Waals surface area contributed by atoms with E-state index in [4.69, 9.17) is 5.11 Å². The smallest absolute Gasteiger partial charge is 0.306 e. The van der Waals surface area contributed by atoms with Crippen LogP contribution in [-0.2, 0) is 26.0 Å². The Hall–Kier alpha value is -1.93. The average Bonchev–Trinajstić information content (AvgIpc) is 3.20. The largest absolute Gasteiger partial charge is 0.481 e. The number of anilines is 1. The summed E-state index contributed by atoms with van der Waals surface area (Å²) in [4.78, 5) is 25.6. The number of sulfonamides is 1. The molecule has 0 unspecified atom stereocenters. The van der Waals surface area contributed by atoms with Gasteiger partial charge in [0.15, 0.2) is 0 Å². The van der Waals surface area contributed by atoms with Crippen LogP contribution < -0.4 is 9.62 Å². The van der Waals surface area contributed by atoms with Crippen molar-refractivity contribution in [1.82, 2.24) is 4.72 Å². The first-order chi connectivity index (χ1) is 11.3. The van der Waals surface area contributed by atoms with E-state index in [0.717, 1.165) is 11.3 Å². The van der Waals surface area contributed by atoms with Crippen molar-refractivity contribution in [2.45, 2.75) is 30.6 Å². The number of benzene rings is 1. The van der Waals surface area contributed by atoms with E-state index in [1.807, 2.05) is 0 Å². The SMILES string of the molecule is CNS(=O)(=O)c1ccc2c(c1)CCN2C(=O)[C@@H]1CC[C@H](C(=O)O)C1. The number of carbonyl (C=O) groups excluding carboxylic acids is 1. The number of nitrogens with zero attached hydrogens (tertiary/aromatic N) is 1. The molecule has 0 bridgehead atoms. The van der Waals surface area contributed by atoms with E-state index in [0.29, 0.717) is 32.2 Å². The number of aliphatic carboxylic acids is 1. The highest BCUT2D eigenvalue weighted by atomic mass is 32.2. The Balaban J connectivity index is 1.80. The molecule has 1 aliphatic carbocycles. The molecule has 2 aliphatic rings. The third kappa shape index (κ3) is 2.91. The zero-order valence-corrected chi connectivity index (χ0v) is 14.2. The Bertz CT molecular complexity index is 790. The first kappa shape index (κ1) is 16.9. The average molecular weight is 352 g/mol. The van der Waals surface area contributed by atoms with Crippen molar-refractivity contribution in [3.8, 4) is 0 Å². The predicted octanol–water partition coefficient (Wildman–Crippen LogP) is 0.985. The second-order valence-electron chi connectivity index (χ2n) is 6.28. The van der Waals surface area contributed by atoms with Crippen LogP contribution in [0.5, 0.6) is 0 Å². The summed E-state index contributed by atoms with van der Waals surface area (Å²) in [5.74, 6) is -1.60. The molecule has 1 heterocycles. The molecular formula is C16H20N2O5S. The fraction of sp³-hybridized carbons (Fsp3) is 0.500. The minimum atomic E-state index is -3.51. The van der Waals surface area contributed by atoms with Crippen molar-refractivity contribution in [3.63, 3.8) is 0 Å². The van der Waals surface area contributed by atoms with Crippen molar-refractivity contribution in [2.24, 2.45) is 11.8 Å². The predicted molar refractivity (Wildman–Crippen MR) is 87.2 cm³/mol. The first-order valence-corrected chi connectivity index (χ1v) is 9.42. The zero-order chi connectivity index (χ0) is 17.5. The van der Waals surface area contributed by atoms with Crippen LogP contribution in [0.4, 0.5) is 5.69 Å². The summed E-state index contributed by atoms with van der Waals surface area (Å²) in [6.07, 6.45) is 2.11. The number of hydrogen-bond acceptors (Lipinski definition) is 4. The lowest BCUT2D eigenvalue weighted by Crippen LogP contribution is -2.34. The Morgan fingerprint density at radius 3 is 2.58 bits per heavy atom. The normalized spacial score (nSPS) is 23.3. The zero-order valence-electron chi connectivity index (χ0n) is 13.4. The van der Waals surface area contributed by atoms with Crippen LogP contribution >= 0.6 is 0 Å². The quantitative estimate of drug-likeness (QED) is 0.841. The second-order valence-corrected chi connectivity index (χ2v) is 8.17. The van der Waals surface area contributed by atoms with Crippen molar-refractivity contribution in [2.75, 3.05) is 18.5 Å². The maximum absolute atomic E-state index is 12.7. The highest BCUT2D eigenvalue weighted by Gasteiger charge is 2.38. The van der Waals surface area contributed by atoms with Crippen molar-refractivity contribution in [3.05, 3.63) is 23.8 Å². The summed E-state index contributed by atoms with van der Waals surface area (Å²) in [7, 11) is -2.15. The summed E-state index contributed by atoms with van der Waals surface area (Å²) < 4.78 is 26.0. The van der Waals surface area contributed by atoms with Crippen LogP contribution in [0.25, 0.3) is 0 Å². The Kier molecular flexibility index (Phi) is 4.35. The monoisotopic (exact) mass is 352 g/mol. The molecule has 1 saturated carbocycles. The van der Waals surface area contributed by atoms with Gasteiger partial charge in [-0.2, -0.15) is 0 Å². The van der Waals surface area contributed by atoms with Gasteiger partial charge in [-0.25, -0.2) is 13.1 Å². The lowest BCUT2D eigenvalue weighted by molar-refractivity contribution is -0.141. The molecule has 24 heavy (non-hydrogen) atoms. The van der Waals surface area contributed by atoms with Crippen LogP contribution in [0.3, 0.4) is 0 Å². The fourth-order valence-corrected chi connectivity index (χ4v) is 4.32. The van der Waals surface area contributed by atoms with E-state index < -0.39 is 21.9 Å². The van der Waals surface area contributed by atoms with E-state index in [-0.39, 0.29) is 16.7 Å². The van der Waals surface area contributed by atoms with Gasteiger partial charge in [0.1, 0.15) is 0 Å². The molecule has 130 valence electrons. The third-order valence-electron chi connectivity index (χ3n) is 4.92. The molecule has 3 rings (SSSR count). The van der Waals surface area contributed by atoms with Gasteiger partial charge in [-0.05, 0) is 56.5 Å². The van der Waals surface area contributed by atoms with Gasteiger partial charge < -0.3 is 10.0 Å². The number of carboxylic acid groups (broad SMARTS) is 1. The Labute approximate surface area is 140 Å². The first-order valence-electron chi connectivity index (χ1n) is 7.94. The van der Waals surface area contributed by atoms with Gasteiger partial charge >= 0.3 is 5.97 Å². The molecule has 8 heteroatoms. The highest BCUT2D eigenvalue weighted by molar-refractivity contribution is 7.89. The van der Waals surface area contributed by atoms with E-state index >= 15 is 0 Å². The third-order valence-corrected chi connectivity index (χ3v) is 6.33. The molecule has 0 saturated heterocycles. The minimum absolute atomic E-state index is 0.0540. The van der Waals surface area contributed by atoms with Crippen molar-refractivity contribution in [1.29, 1.82) is 0 Å². The lowest BCUT2D eigenvalue weighted by atomic mass is 10.0. The van der Waals surface area contributed by atoms with E-state index in [1.165, 1.54) is 13.1 Å². The summed E-state index contributed by atoms with van der Waals surface area (Å²) in [6, 6.07) is 4.75. The number of carbonyl (C=O) groups is 2. The van der Waals surface area contributed by atoms with Crippen LogP contribution in [0.2, 0.25) is 0 Å². The van der Waals surface area contributed by atoms with Crippen molar-refractivity contribution >= 4 is 27.6 Å². The van der Waals surface area contributed by atoms with Gasteiger partial charge in [-0.1, -0.05) is 0 Å². The number of hydrogen-bond donors (Lipinski definition) is 2.